The summed E-state index contributed by atoms with van der Waals surface area (Å²) >= 11 is 0. The van der Waals surface area contributed by atoms with Crippen molar-refractivity contribution in [2.75, 3.05) is 20.4 Å². The molecule has 1 fully saturated rings. The van der Waals surface area contributed by atoms with Gasteiger partial charge in [0.1, 0.15) is 6.04 Å². The number of carbonyl (C=O) groups excluding carboxylic acids is 1. The molecule has 0 bridgehead atoms. The summed E-state index contributed by atoms with van der Waals surface area (Å²) in [5, 5.41) is 4.91. The van der Waals surface area contributed by atoms with Crippen LogP contribution in [0.3, 0.4) is 0 Å². The number of benzene rings is 2. The van der Waals surface area contributed by atoms with Gasteiger partial charge in [-0.3, -0.25) is 14.4 Å². The molecule has 7 heteroatoms. The highest BCUT2D eigenvalue weighted by molar-refractivity contribution is 5.76. The Bertz CT molecular complexity index is 1080. The van der Waals surface area contributed by atoms with Crippen molar-refractivity contribution in [1.82, 2.24) is 14.7 Å². The molecular formula is C24H25N3O4. The number of ether oxygens (including phenoxy) is 3. The van der Waals surface area contributed by atoms with Crippen molar-refractivity contribution < 1.29 is 19.0 Å². The number of hydrogen-bond acceptors (Lipinski definition) is 6. The van der Waals surface area contributed by atoms with Crippen molar-refractivity contribution in [3.63, 3.8) is 0 Å². The summed E-state index contributed by atoms with van der Waals surface area (Å²) in [6.07, 6.45) is 3.89. The van der Waals surface area contributed by atoms with Crippen LogP contribution < -0.4 is 9.47 Å². The summed E-state index contributed by atoms with van der Waals surface area (Å²) in [6.45, 7) is 2.42. The monoisotopic (exact) mass is 419 g/mol. The third-order valence-electron chi connectivity index (χ3n) is 5.88. The van der Waals surface area contributed by atoms with Gasteiger partial charge >= 0.3 is 5.97 Å². The van der Waals surface area contributed by atoms with Gasteiger partial charge in [0.15, 0.2) is 11.5 Å². The van der Waals surface area contributed by atoms with Crippen molar-refractivity contribution in [1.29, 1.82) is 0 Å². The highest BCUT2D eigenvalue weighted by atomic mass is 16.7. The fourth-order valence-electron chi connectivity index (χ4n) is 4.35. The molecule has 0 spiro atoms. The van der Waals surface area contributed by atoms with Crippen LogP contribution in [0.15, 0.2) is 54.7 Å². The Kier molecular flexibility index (Phi) is 5.34. The number of aromatic nitrogens is 2. The molecule has 0 radical (unpaired) electrons. The first-order valence-corrected chi connectivity index (χ1v) is 10.5. The maximum atomic E-state index is 12.2. The molecule has 160 valence electrons. The zero-order valence-corrected chi connectivity index (χ0v) is 17.5. The molecule has 2 aliphatic rings. The first kappa shape index (κ1) is 19.6. The van der Waals surface area contributed by atoms with Crippen molar-refractivity contribution in [2.45, 2.75) is 32.0 Å². The van der Waals surface area contributed by atoms with Crippen LogP contribution in [0, 0.1) is 0 Å². The molecule has 31 heavy (non-hydrogen) atoms. The minimum Gasteiger partial charge on any atom is -0.468 e. The molecule has 2 aromatic carbocycles. The van der Waals surface area contributed by atoms with Crippen LogP contribution in [-0.4, -0.2) is 47.1 Å². The Morgan fingerprint density at radius 2 is 1.97 bits per heavy atom. The maximum absolute atomic E-state index is 12.2. The fourth-order valence-corrected chi connectivity index (χ4v) is 4.35. The minimum atomic E-state index is -0.202. The van der Waals surface area contributed by atoms with Crippen LogP contribution in [0.4, 0.5) is 0 Å². The quantitative estimate of drug-likeness (QED) is 0.570. The first-order chi connectivity index (χ1) is 15.2. The lowest BCUT2D eigenvalue weighted by atomic mass is 10.1. The number of methoxy groups -OCH3 is 1. The summed E-state index contributed by atoms with van der Waals surface area (Å²) in [5.74, 6) is 1.31. The van der Waals surface area contributed by atoms with E-state index in [-0.39, 0.29) is 18.8 Å². The summed E-state index contributed by atoms with van der Waals surface area (Å²) in [5.41, 5.74) is 4.12. The molecule has 1 saturated heterocycles. The third-order valence-corrected chi connectivity index (χ3v) is 5.88. The highest BCUT2D eigenvalue weighted by Gasteiger charge is 2.32. The van der Waals surface area contributed by atoms with Gasteiger partial charge < -0.3 is 14.2 Å². The molecular weight excluding hydrogens is 394 g/mol. The number of hydrogen-bond donors (Lipinski definition) is 0. The lowest BCUT2D eigenvalue weighted by Gasteiger charge is -2.22. The second-order valence-corrected chi connectivity index (χ2v) is 7.91. The number of carbonyl (C=O) groups is 1. The molecule has 0 amide bonds. The van der Waals surface area contributed by atoms with Crippen molar-refractivity contribution in [2.24, 2.45) is 0 Å². The summed E-state index contributed by atoms with van der Waals surface area (Å²) in [7, 11) is 1.45. The molecule has 0 aliphatic carbocycles. The predicted octanol–water partition coefficient (Wildman–Crippen LogP) is 3.46. The maximum Gasteiger partial charge on any atom is 0.323 e. The van der Waals surface area contributed by atoms with Gasteiger partial charge in [0.05, 0.1) is 19.3 Å². The van der Waals surface area contributed by atoms with Crippen LogP contribution in [0.25, 0.3) is 11.3 Å². The molecule has 3 heterocycles. The number of nitrogens with zero attached hydrogens (tertiary/aromatic N) is 3. The van der Waals surface area contributed by atoms with Gasteiger partial charge in [0, 0.05) is 23.9 Å². The lowest BCUT2D eigenvalue weighted by molar-refractivity contribution is -0.146. The van der Waals surface area contributed by atoms with Crippen LogP contribution in [0.1, 0.15) is 24.0 Å². The van der Waals surface area contributed by atoms with Gasteiger partial charge in [0.2, 0.25) is 6.79 Å². The van der Waals surface area contributed by atoms with Gasteiger partial charge in [-0.1, -0.05) is 30.3 Å². The van der Waals surface area contributed by atoms with Gasteiger partial charge in [-0.2, -0.15) is 5.10 Å². The topological polar surface area (TPSA) is 65.8 Å². The summed E-state index contributed by atoms with van der Waals surface area (Å²) in [6, 6.07) is 16.0. The number of rotatable bonds is 6. The summed E-state index contributed by atoms with van der Waals surface area (Å²) in [4.78, 5) is 14.4. The second-order valence-electron chi connectivity index (χ2n) is 7.91. The third kappa shape index (κ3) is 4.01. The van der Waals surface area contributed by atoms with Crippen molar-refractivity contribution >= 4 is 5.97 Å². The highest BCUT2D eigenvalue weighted by Crippen LogP contribution is 2.37. The Hall–Kier alpha value is -3.32. The van der Waals surface area contributed by atoms with E-state index in [4.69, 9.17) is 19.3 Å². The van der Waals surface area contributed by atoms with E-state index in [0.29, 0.717) is 13.1 Å². The van der Waals surface area contributed by atoms with E-state index in [1.165, 1.54) is 12.7 Å². The van der Waals surface area contributed by atoms with E-state index < -0.39 is 0 Å². The standard InChI is InChI=1S/C24H25N3O4/c1-29-24(28)20-8-5-11-26(20)14-19-15-27(13-17-6-3-2-4-7-17)25-23(19)18-9-10-21-22(12-18)31-16-30-21/h2-4,6-7,9-10,12,15,20H,5,8,11,13-14,16H2,1H3/t20-/m0/s1. The van der Waals surface area contributed by atoms with Crippen LogP contribution in [0.2, 0.25) is 0 Å². The predicted molar refractivity (Wildman–Crippen MR) is 115 cm³/mol. The van der Waals surface area contributed by atoms with E-state index in [9.17, 15) is 4.79 Å². The Balaban J connectivity index is 1.48. The van der Waals surface area contributed by atoms with Crippen molar-refractivity contribution in [3.05, 3.63) is 65.9 Å². The lowest BCUT2D eigenvalue weighted by Crippen LogP contribution is -2.36. The zero-order valence-electron chi connectivity index (χ0n) is 17.5. The Labute approximate surface area is 181 Å². The van der Waals surface area contributed by atoms with E-state index in [1.807, 2.05) is 41.1 Å². The fraction of sp³-hybridized carbons (Fsp3) is 0.333. The molecule has 0 saturated carbocycles. The normalized spacial score (nSPS) is 17.8. The largest absolute Gasteiger partial charge is 0.468 e. The van der Waals surface area contributed by atoms with Crippen LogP contribution in [0.5, 0.6) is 11.5 Å². The van der Waals surface area contributed by atoms with Gasteiger partial charge in [-0.05, 0) is 43.1 Å². The minimum absolute atomic E-state index is 0.168. The van der Waals surface area contributed by atoms with E-state index in [1.54, 1.807) is 0 Å². The number of esters is 1. The molecule has 0 N–H and O–H groups in total. The molecule has 1 atom stereocenters. The molecule has 3 aromatic rings. The van der Waals surface area contributed by atoms with E-state index in [2.05, 4.69) is 23.2 Å². The average molecular weight is 419 g/mol. The van der Waals surface area contributed by atoms with E-state index in [0.717, 1.165) is 47.7 Å². The smallest absolute Gasteiger partial charge is 0.323 e. The molecule has 2 aliphatic heterocycles. The van der Waals surface area contributed by atoms with Gasteiger partial charge in [0.25, 0.3) is 0 Å². The molecule has 1 aromatic heterocycles. The molecule has 0 unspecified atom stereocenters. The summed E-state index contributed by atoms with van der Waals surface area (Å²) < 4.78 is 18.0. The molecule has 5 rings (SSSR count). The number of fused-ring (bicyclic) bond motifs is 1. The second kappa shape index (κ2) is 8.43. The van der Waals surface area contributed by atoms with Gasteiger partial charge in [-0.25, -0.2) is 0 Å². The molecule has 7 nitrogen and oxygen atoms in total. The SMILES string of the molecule is COC(=O)[C@@H]1CCCN1Cc1cn(Cc2ccccc2)nc1-c1ccc2c(c1)OCO2. The first-order valence-electron chi connectivity index (χ1n) is 10.5. The van der Waals surface area contributed by atoms with Crippen LogP contribution in [-0.2, 0) is 22.6 Å². The zero-order chi connectivity index (χ0) is 21.2. The van der Waals surface area contributed by atoms with Gasteiger partial charge in [-0.15, -0.1) is 0 Å². The van der Waals surface area contributed by atoms with Crippen LogP contribution >= 0.6 is 0 Å². The van der Waals surface area contributed by atoms with Crippen molar-refractivity contribution in [3.8, 4) is 22.8 Å². The number of likely N-dealkylation sites (tertiary alicyclic amines) is 1. The Morgan fingerprint density at radius 1 is 1.13 bits per heavy atom. The average Bonchev–Trinajstić information content (AvgIpc) is 3.53. The Morgan fingerprint density at radius 3 is 2.81 bits per heavy atom. The van der Waals surface area contributed by atoms with E-state index >= 15 is 0 Å².